The first-order chi connectivity index (χ1) is 5.36. The maximum Gasteiger partial charge on any atom is 0.238 e. The molecule has 0 aromatic rings. The first kappa shape index (κ1) is 9.47. The summed E-state index contributed by atoms with van der Waals surface area (Å²) in [6.07, 6.45) is 2.88. The Morgan fingerprint density at radius 2 is 2.00 bits per heavy atom. The number of primary amides is 1. The quantitative estimate of drug-likeness (QED) is 0.597. The zero-order valence-corrected chi connectivity index (χ0v) is 7.65. The second kappa shape index (κ2) is 2.70. The SMILES string of the molecule is CS(=O)(=O)NC1(C(N)=O)CCC1. The highest BCUT2D eigenvalue weighted by atomic mass is 32.2. The van der Waals surface area contributed by atoms with E-state index < -0.39 is 21.5 Å². The highest BCUT2D eigenvalue weighted by Gasteiger charge is 2.44. The number of hydrogen-bond donors (Lipinski definition) is 2. The van der Waals surface area contributed by atoms with Gasteiger partial charge < -0.3 is 5.73 Å². The van der Waals surface area contributed by atoms with Gasteiger partial charge in [0.05, 0.1) is 6.26 Å². The lowest BCUT2D eigenvalue weighted by Crippen LogP contribution is -2.61. The summed E-state index contributed by atoms with van der Waals surface area (Å²) >= 11 is 0. The van der Waals surface area contributed by atoms with E-state index in [1.54, 1.807) is 0 Å². The van der Waals surface area contributed by atoms with Gasteiger partial charge in [0, 0.05) is 0 Å². The number of carbonyl (C=O) groups excluding carboxylic acids is 1. The van der Waals surface area contributed by atoms with Gasteiger partial charge in [-0.15, -0.1) is 0 Å². The molecule has 1 aliphatic carbocycles. The lowest BCUT2D eigenvalue weighted by molar-refractivity contribution is -0.126. The fourth-order valence-electron chi connectivity index (χ4n) is 1.28. The van der Waals surface area contributed by atoms with E-state index in [4.69, 9.17) is 5.73 Å². The van der Waals surface area contributed by atoms with E-state index in [1.807, 2.05) is 0 Å². The predicted octanol–water partition coefficient (Wildman–Crippen LogP) is -1.06. The molecule has 1 aliphatic rings. The molecule has 0 spiro atoms. The molecule has 0 radical (unpaired) electrons. The summed E-state index contributed by atoms with van der Waals surface area (Å²) in [7, 11) is -3.34. The topological polar surface area (TPSA) is 89.3 Å². The summed E-state index contributed by atoms with van der Waals surface area (Å²) in [6, 6.07) is 0. The molecule has 3 N–H and O–H groups in total. The van der Waals surface area contributed by atoms with Crippen molar-refractivity contribution in [1.29, 1.82) is 0 Å². The van der Waals surface area contributed by atoms with Gasteiger partial charge in [-0.1, -0.05) is 0 Å². The van der Waals surface area contributed by atoms with Crippen molar-refractivity contribution in [3.05, 3.63) is 0 Å². The number of hydrogen-bond acceptors (Lipinski definition) is 3. The average Bonchev–Trinajstić information content (AvgIpc) is 1.75. The van der Waals surface area contributed by atoms with Crippen LogP contribution in [0.1, 0.15) is 19.3 Å². The Balaban J connectivity index is 2.76. The average molecular weight is 192 g/mol. The maximum atomic E-state index is 10.9. The lowest BCUT2D eigenvalue weighted by atomic mass is 9.77. The number of nitrogens with one attached hydrogen (secondary N) is 1. The Labute approximate surface area is 71.4 Å². The Morgan fingerprint density at radius 3 is 2.08 bits per heavy atom. The van der Waals surface area contributed by atoms with Crippen LogP contribution in [-0.2, 0) is 14.8 Å². The summed E-state index contributed by atoms with van der Waals surface area (Å²) < 4.78 is 23.9. The van der Waals surface area contributed by atoms with Crippen molar-refractivity contribution in [2.75, 3.05) is 6.26 Å². The number of nitrogens with two attached hydrogens (primary N) is 1. The molecule has 12 heavy (non-hydrogen) atoms. The normalized spacial score (nSPS) is 21.4. The fraction of sp³-hybridized carbons (Fsp3) is 0.833. The first-order valence-corrected chi connectivity index (χ1v) is 5.54. The van der Waals surface area contributed by atoms with Gasteiger partial charge in [-0.05, 0) is 19.3 Å². The predicted molar refractivity (Wildman–Crippen MR) is 43.8 cm³/mol. The van der Waals surface area contributed by atoms with Crippen molar-refractivity contribution in [3.63, 3.8) is 0 Å². The van der Waals surface area contributed by atoms with Gasteiger partial charge in [0.25, 0.3) is 0 Å². The van der Waals surface area contributed by atoms with E-state index in [2.05, 4.69) is 4.72 Å². The number of amides is 1. The van der Waals surface area contributed by atoms with E-state index in [-0.39, 0.29) is 0 Å². The third-order valence-corrected chi connectivity index (χ3v) is 2.82. The number of sulfonamides is 1. The van der Waals surface area contributed by atoms with Crippen LogP contribution in [0, 0.1) is 0 Å². The van der Waals surface area contributed by atoms with Crippen LogP contribution in [0.2, 0.25) is 0 Å². The van der Waals surface area contributed by atoms with Gasteiger partial charge in [0.2, 0.25) is 15.9 Å². The highest BCUT2D eigenvalue weighted by Crippen LogP contribution is 2.31. The van der Waals surface area contributed by atoms with E-state index >= 15 is 0 Å². The summed E-state index contributed by atoms with van der Waals surface area (Å²) in [6.45, 7) is 0. The van der Waals surface area contributed by atoms with Crippen molar-refractivity contribution in [2.45, 2.75) is 24.8 Å². The largest absolute Gasteiger partial charge is 0.368 e. The van der Waals surface area contributed by atoms with Gasteiger partial charge >= 0.3 is 0 Å². The molecule has 1 fully saturated rings. The molecule has 0 aromatic carbocycles. The molecule has 0 aromatic heterocycles. The van der Waals surface area contributed by atoms with Crippen molar-refractivity contribution in [2.24, 2.45) is 5.73 Å². The van der Waals surface area contributed by atoms with Gasteiger partial charge in [0.15, 0.2) is 0 Å². The van der Waals surface area contributed by atoms with Crippen LogP contribution in [0.15, 0.2) is 0 Å². The molecule has 1 saturated carbocycles. The molecule has 0 atom stereocenters. The Morgan fingerprint density at radius 1 is 1.50 bits per heavy atom. The third kappa shape index (κ3) is 1.75. The van der Waals surface area contributed by atoms with Crippen LogP contribution in [0.4, 0.5) is 0 Å². The molecule has 70 valence electrons. The van der Waals surface area contributed by atoms with Crippen LogP contribution in [0.25, 0.3) is 0 Å². The molecule has 6 heteroatoms. The van der Waals surface area contributed by atoms with Crippen LogP contribution in [0.3, 0.4) is 0 Å². The van der Waals surface area contributed by atoms with Crippen molar-refractivity contribution in [3.8, 4) is 0 Å². The second-order valence-electron chi connectivity index (χ2n) is 3.17. The minimum atomic E-state index is -3.34. The van der Waals surface area contributed by atoms with Crippen LogP contribution in [0.5, 0.6) is 0 Å². The zero-order chi connectivity index (χ0) is 9.41. The summed E-state index contributed by atoms with van der Waals surface area (Å²) in [5, 5.41) is 0. The van der Waals surface area contributed by atoms with E-state index in [9.17, 15) is 13.2 Å². The van der Waals surface area contributed by atoms with Crippen molar-refractivity contribution < 1.29 is 13.2 Å². The zero-order valence-electron chi connectivity index (χ0n) is 6.83. The summed E-state index contributed by atoms with van der Waals surface area (Å²) in [4.78, 5) is 10.9. The molecule has 0 aliphatic heterocycles. The first-order valence-electron chi connectivity index (χ1n) is 3.65. The molecule has 1 rings (SSSR count). The number of rotatable bonds is 3. The molecular weight excluding hydrogens is 180 g/mol. The lowest BCUT2D eigenvalue weighted by Gasteiger charge is -2.38. The molecule has 0 saturated heterocycles. The summed E-state index contributed by atoms with van der Waals surface area (Å²) in [5.74, 6) is -0.584. The molecule has 0 bridgehead atoms. The Kier molecular flexibility index (Phi) is 2.13. The smallest absolute Gasteiger partial charge is 0.238 e. The van der Waals surface area contributed by atoms with Crippen LogP contribution in [-0.4, -0.2) is 26.1 Å². The molecule has 5 nitrogen and oxygen atoms in total. The summed E-state index contributed by atoms with van der Waals surface area (Å²) in [5.41, 5.74) is 4.08. The molecule has 0 heterocycles. The highest BCUT2D eigenvalue weighted by molar-refractivity contribution is 7.88. The van der Waals surface area contributed by atoms with Gasteiger partial charge in [-0.3, -0.25) is 4.79 Å². The Hall–Kier alpha value is -0.620. The van der Waals surface area contributed by atoms with Gasteiger partial charge in [-0.2, -0.15) is 4.72 Å². The molecule has 1 amide bonds. The molecule has 0 unspecified atom stereocenters. The third-order valence-electron chi connectivity index (χ3n) is 2.06. The van der Waals surface area contributed by atoms with Gasteiger partial charge in [0.1, 0.15) is 5.54 Å². The Bertz CT molecular complexity index is 292. The standard InChI is InChI=1S/C6H12N2O3S/c1-12(10,11)8-6(5(7)9)3-2-4-6/h8H,2-4H2,1H3,(H2,7,9). The van der Waals surface area contributed by atoms with Crippen molar-refractivity contribution in [1.82, 2.24) is 4.72 Å². The van der Waals surface area contributed by atoms with E-state index in [1.165, 1.54) is 0 Å². The molecular formula is C6H12N2O3S. The second-order valence-corrected chi connectivity index (χ2v) is 4.92. The van der Waals surface area contributed by atoms with Crippen LogP contribution >= 0.6 is 0 Å². The maximum absolute atomic E-state index is 10.9. The van der Waals surface area contributed by atoms with E-state index in [0.29, 0.717) is 12.8 Å². The van der Waals surface area contributed by atoms with Crippen LogP contribution < -0.4 is 10.5 Å². The number of carbonyl (C=O) groups is 1. The fourth-order valence-corrected chi connectivity index (χ4v) is 2.30. The van der Waals surface area contributed by atoms with Gasteiger partial charge in [-0.25, -0.2) is 8.42 Å². The minimum Gasteiger partial charge on any atom is -0.368 e. The van der Waals surface area contributed by atoms with E-state index in [0.717, 1.165) is 12.7 Å². The minimum absolute atomic E-state index is 0.509. The van der Waals surface area contributed by atoms with Crippen molar-refractivity contribution >= 4 is 15.9 Å². The monoisotopic (exact) mass is 192 g/mol.